The first-order chi connectivity index (χ1) is 21.0. The molecule has 5 aromatic rings. The third kappa shape index (κ3) is 5.56. The minimum Gasteiger partial charge on any atom is -0.484 e. The molecule has 0 unspecified atom stereocenters. The lowest BCUT2D eigenvalue weighted by Gasteiger charge is -2.29. The van der Waals surface area contributed by atoms with E-state index in [-0.39, 0.29) is 18.4 Å². The van der Waals surface area contributed by atoms with Crippen molar-refractivity contribution in [2.45, 2.75) is 32.7 Å². The molecule has 3 heterocycles. The average molecular weight is 572 g/mol. The number of benzene rings is 4. The first-order valence-electron chi connectivity index (χ1n) is 14.8. The first-order valence-corrected chi connectivity index (χ1v) is 14.8. The number of carbonyl (C=O) groups is 2. The third-order valence-corrected chi connectivity index (χ3v) is 8.22. The topological polar surface area (TPSA) is 90.6 Å². The van der Waals surface area contributed by atoms with Crippen molar-refractivity contribution >= 4 is 39.9 Å². The van der Waals surface area contributed by atoms with E-state index in [4.69, 9.17) is 9.72 Å². The van der Waals surface area contributed by atoms with E-state index in [1.54, 1.807) is 0 Å². The SMILES string of the molecule is Cc1ccc(NC(=O)COc2ccc(-c3nc4ccc(N5Cc6cc(N7CCCCC7)ccc6C5=O)cc4[nH]3)cc2)cc1. The Kier molecular flexibility index (Phi) is 7.02. The van der Waals surface area contributed by atoms with Crippen LogP contribution in [0.25, 0.3) is 22.4 Å². The molecule has 0 aliphatic carbocycles. The van der Waals surface area contributed by atoms with E-state index in [1.165, 1.54) is 24.9 Å². The normalized spacial score (nSPS) is 14.7. The number of hydrogen-bond donors (Lipinski definition) is 2. The maximum Gasteiger partial charge on any atom is 0.262 e. The highest BCUT2D eigenvalue weighted by atomic mass is 16.5. The zero-order chi connectivity index (χ0) is 29.3. The summed E-state index contributed by atoms with van der Waals surface area (Å²) in [6, 6.07) is 27.3. The number of hydrogen-bond acceptors (Lipinski definition) is 5. The molecular formula is C35H33N5O3. The van der Waals surface area contributed by atoms with E-state index in [2.05, 4.69) is 27.3 Å². The summed E-state index contributed by atoms with van der Waals surface area (Å²) < 4.78 is 5.68. The molecule has 1 aromatic heterocycles. The number of aromatic amines is 1. The second-order valence-corrected chi connectivity index (χ2v) is 11.3. The Morgan fingerprint density at radius 3 is 2.47 bits per heavy atom. The molecule has 0 bridgehead atoms. The predicted molar refractivity (Wildman–Crippen MR) is 170 cm³/mol. The van der Waals surface area contributed by atoms with Crippen LogP contribution >= 0.6 is 0 Å². The minimum atomic E-state index is -0.219. The van der Waals surface area contributed by atoms with Crippen molar-refractivity contribution in [1.29, 1.82) is 0 Å². The van der Waals surface area contributed by atoms with Crippen molar-refractivity contribution in [3.8, 4) is 17.1 Å². The second-order valence-electron chi connectivity index (χ2n) is 11.3. The summed E-state index contributed by atoms with van der Waals surface area (Å²) in [4.78, 5) is 38.0. The lowest BCUT2D eigenvalue weighted by Crippen LogP contribution is -2.29. The van der Waals surface area contributed by atoms with Crippen LogP contribution in [-0.2, 0) is 11.3 Å². The Hall–Kier alpha value is -5.11. The predicted octanol–water partition coefficient (Wildman–Crippen LogP) is 6.71. The highest BCUT2D eigenvalue weighted by molar-refractivity contribution is 6.10. The lowest BCUT2D eigenvalue weighted by molar-refractivity contribution is -0.118. The average Bonchev–Trinajstić information content (AvgIpc) is 3.62. The van der Waals surface area contributed by atoms with Crippen molar-refractivity contribution in [2.75, 3.05) is 34.8 Å². The molecule has 8 nitrogen and oxygen atoms in total. The summed E-state index contributed by atoms with van der Waals surface area (Å²) >= 11 is 0. The maximum absolute atomic E-state index is 13.3. The molecule has 0 radical (unpaired) electrons. The highest BCUT2D eigenvalue weighted by Crippen LogP contribution is 2.33. The van der Waals surface area contributed by atoms with Crippen molar-refractivity contribution < 1.29 is 14.3 Å². The van der Waals surface area contributed by atoms with Crippen LogP contribution < -0.4 is 19.9 Å². The summed E-state index contributed by atoms with van der Waals surface area (Å²) in [5.41, 5.74) is 8.36. The molecule has 2 aliphatic heterocycles. The Balaban J connectivity index is 1.02. The summed E-state index contributed by atoms with van der Waals surface area (Å²) in [7, 11) is 0. The van der Waals surface area contributed by atoms with Gasteiger partial charge in [-0.2, -0.15) is 0 Å². The molecule has 4 aromatic carbocycles. The van der Waals surface area contributed by atoms with Crippen LogP contribution in [0.3, 0.4) is 0 Å². The zero-order valence-corrected chi connectivity index (χ0v) is 24.1. The van der Waals surface area contributed by atoms with Gasteiger partial charge in [0.1, 0.15) is 11.6 Å². The lowest BCUT2D eigenvalue weighted by atomic mass is 10.1. The number of aromatic nitrogens is 2. The molecule has 216 valence electrons. The Morgan fingerprint density at radius 1 is 0.907 bits per heavy atom. The standard InChI is InChI=1S/C35H33N5O3/c1-23-5-9-26(10-6-23)36-33(41)22-43-29-13-7-24(8-14-29)34-37-31-16-12-28(20-32(31)38-34)40-21-25-19-27(11-15-30(25)35(40)42)39-17-3-2-4-18-39/h5-16,19-20H,2-4,17-18,21-22H2,1H3,(H,36,41)(H,37,38). The van der Waals surface area contributed by atoms with Gasteiger partial charge < -0.3 is 24.8 Å². The van der Waals surface area contributed by atoms with E-state index in [9.17, 15) is 9.59 Å². The minimum absolute atomic E-state index is 0.0300. The van der Waals surface area contributed by atoms with Crippen molar-refractivity contribution in [3.63, 3.8) is 0 Å². The van der Waals surface area contributed by atoms with Crippen molar-refractivity contribution in [2.24, 2.45) is 0 Å². The number of fused-ring (bicyclic) bond motifs is 2. The summed E-state index contributed by atoms with van der Waals surface area (Å²) in [6.45, 7) is 4.64. The Bertz CT molecular complexity index is 1800. The maximum atomic E-state index is 13.3. The number of amides is 2. The smallest absolute Gasteiger partial charge is 0.262 e. The van der Waals surface area contributed by atoms with Crippen molar-refractivity contribution in [3.05, 3.63) is 102 Å². The first kappa shape index (κ1) is 26.8. The van der Waals surface area contributed by atoms with E-state index in [1.807, 2.05) is 84.6 Å². The number of nitrogens with one attached hydrogen (secondary N) is 2. The number of H-pyrrole nitrogens is 1. The van der Waals surface area contributed by atoms with E-state index >= 15 is 0 Å². The van der Waals surface area contributed by atoms with E-state index in [0.29, 0.717) is 12.3 Å². The van der Waals surface area contributed by atoms with Crippen molar-refractivity contribution in [1.82, 2.24) is 9.97 Å². The van der Waals surface area contributed by atoms with Gasteiger partial charge in [-0.3, -0.25) is 9.59 Å². The number of piperidine rings is 1. The largest absolute Gasteiger partial charge is 0.484 e. The molecule has 0 saturated carbocycles. The van der Waals surface area contributed by atoms with Gasteiger partial charge in [0.25, 0.3) is 11.8 Å². The number of anilines is 3. The number of carbonyl (C=O) groups excluding carboxylic acids is 2. The molecule has 8 heteroatoms. The van der Waals surface area contributed by atoms with Gasteiger partial charge in [-0.25, -0.2) is 4.98 Å². The number of nitrogens with zero attached hydrogens (tertiary/aromatic N) is 3. The molecule has 0 atom stereocenters. The fourth-order valence-electron chi connectivity index (χ4n) is 5.86. The molecule has 0 spiro atoms. The third-order valence-electron chi connectivity index (χ3n) is 8.22. The van der Waals surface area contributed by atoms with Crippen LogP contribution in [0.1, 0.15) is 40.7 Å². The Morgan fingerprint density at radius 2 is 1.67 bits per heavy atom. The fraction of sp³-hybridized carbons (Fsp3) is 0.229. The molecule has 7 rings (SSSR count). The van der Waals surface area contributed by atoms with Gasteiger partial charge in [-0.05, 0) is 105 Å². The van der Waals surface area contributed by atoms with Crippen LogP contribution in [0, 0.1) is 6.92 Å². The highest BCUT2D eigenvalue weighted by Gasteiger charge is 2.29. The van der Waals surface area contributed by atoms with Crippen LogP contribution in [0.4, 0.5) is 17.1 Å². The molecule has 2 N–H and O–H groups in total. The fourth-order valence-corrected chi connectivity index (χ4v) is 5.86. The number of aryl methyl sites for hydroxylation is 1. The van der Waals surface area contributed by atoms with E-state index < -0.39 is 0 Å². The summed E-state index contributed by atoms with van der Waals surface area (Å²) in [5.74, 6) is 1.13. The molecule has 1 fully saturated rings. The number of imidazole rings is 1. The van der Waals surface area contributed by atoms with Gasteiger partial charge in [-0.15, -0.1) is 0 Å². The van der Waals surface area contributed by atoms with Gasteiger partial charge in [0.2, 0.25) is 0 Å². The molecule has 43 heavy (non-hydrogen) atoms. The van der Waals surface area contributed by atoms with Gasteiger partial charge in [0.15, 0.2) is 6.61 Å². The van der Waals surface area contributed by atoms with Gasteiger partial charge in [-0.1, -0.05) is 17.7 Å². The molecular weight excluding hydrogens is 538 g/mol. The van der Waals surface area contributed by atoms with E-state index in [0.717, 1.165) is 63.6 Å². The molecule has 2 amide bonds. The molecule has 2 aliphatic rings. The quantitative estimate of drug-likeness (QED) is 0.227. The van der Waals surface area contributed by atoms with Gasteiger partial charge in [0, 0.05) is 41.3 Å². The number of ether oxygens (including phenoxy) is 1. The van der Waals surface area contributed by atoms with Crippen LogP contribution in [0.15, 0.2) is 84.9 Å². The second kappa shape index (κ2) is 11.3. The Labute approximate surface area is 250 Å². The number of rotatable bonds is 7. The summed E-state index contributed by atoms with van der Waals surface area (Å²) in [5, 5.41) is 2.83. The molecule has 1 saturated heterocycles. The van der Waals surface area contributed by atoms with Gasteiger partial charge >= 0.3 is 0 Å². The van der Waals surface area contributed by atoms with Crippen LogP contribution in [0.5, 0.6) is 5.75 Å². The zero-order valence-electron chi connectivity index (χ0n) is 24.1. The summed E-state index contributed by atoms with van der Waals surface area (Å²) in [6.07, 6.45) is 3.74. The monoisotopic (exact) mass is 571 g/mol. The van der Waals surface area contributed by atoms with Crippen LogP contribution in [-0.4, -0.2) is 41.5 Å². The van der Waals surface area contributed by atoms with Crippen LogP contribution in [0.2, 0.25) is 0 Å². The van der Waals surface area contributed by atoms with Gasteiger partial charge in [0.05, 0.1) is 17.6 Å².